The van der Waals surface area contributed by atoms with E-state index in [1.54, 1.807) is 20.2 Å². The Hall–Kier alpha value is -1.62. The van der Waals surface area contributed by atoms with Crippen molar-refractivity contribution in [3.8, 4) is 5.75 Å². The van der Waals surface area contributed by atoms with Gasteiger partial charge in [0.15, 0.2) is 6.61 Å². The number of hydrogen-bond acceptors (Lipinski definition) is 3. The molecule has 1 aromatic carbocycles. The summed E-state index contributed by atoms with van der Waals surface area (Å²) in [5, 5.41) is 3.20. The molecule has 0 saturated heterocycles. The van der Waals surface area contributed by atoms with E-state index >= 15 is 0 Å². The van der Waals surface area contributed by atoms with Crippen molar-refractivity contribution in [2.45, 2.75) is 26.4 Å². The van der Waals surface area contributed by atoms with Gasteiger partial charge in [-0.1, -0.05) is 13.8 Å². The Morgan fingerprint density at radius 3 is 2.63 bits per heavy atom. The highest BCUT2D eigenvalue weighted by molar-refractivity contribution is 5.77. The lowest BCUT2D eigenvalue weighted by atomic mass is 10.2. The van der Waals surface area contributed by atoms with Crippen molar-refractivity contribution < 1.29 is 13.9 Å². The van der Waals surface area contributed by atoms with Crippen molar-refractivity contribution in [1.29, 1.82) is 0 Å². The molecule has 19 heavy (non-hydrogen) atoms. The van der Waals surface area contributed by atoms with Crippen LogP contribution in [0.3, 0.4) is 0 Å². The Morgan fingerprint density at radius 1 is 1.37 bits per heavy atom. The lowest BCUT2D eigenvalue weighted by Gasteiger charge is -2.13. The molecule has 0 unspecified atom stereocenters. The van der Waals surface area contributed by atoms with Crippen LogP contribution in [0.25, 0.3) is 0 Å². The van der Waals surface area contributed by atoms with E-state index in [0.29, 0.717) is 18.3 Å². The summed E-state index contributed by atoms with van der Waals surface area (Å²) in [6, 6.07) is 4.79. The van der Waals surface area contributed by atoms with Gasteiger partial charge in [-0.05, 0) is 17.7 Å². The van der Waals surface area contributed by atoms with Gasteiger partial charge >= 0.3 is 0 Å². The molecule has 4 nitrogen and oxygen atoms in total. The number of ether oxygens (including phenoxy) is 1. The number of hydrogen-bond donors (Lipinski definition) is 1. The fraction of sp³-hybridized carbons (Fsp3) is 0.500. The molecule has 0 aliphatic heterocycles. The van der Waals surface area contributed by atoms with Crippen LogP contribution in [-0.2, 0) is 11.3 Å². The minimum absolute atomic E-state index is 0.0898. The first-order valence-corrected chi connectivity index (χ1v) is 6.24. The molecule has 0 heterocycles. The topological polar surface area (TPSA) is 41.6 Å². The summed E-state index contributed by atoms with van der Waals surface area (Å²) in [6.45, 7) is 4.51. The van der Waals surface area contributed by atoms with E-state index in [-0.39, 0.29) is 18.3 Å². The standard InChI is InChI=1S/C14H21FN2O2/c1-10(2)16-8-11-5-12(15)7-13(6-11)19-9-14(18)17(3)4/h5-7,10,16H,8-9H2,1-4H3. The van der Waals surface area contributed by atoms with E-state index in [1.165, 1.54) is 17.0 Å². The Bertz CT molecular complexity index is 433. The maximum atomic E-state index is 13.4. The summed E-state index contributed by atoms with van der Waals surface area (Å²) in [5.74, 6) is -0.155. The van der Waals surface area contributed by atoms with Gasteiger partial charge < -0.3 is 15.0 Å². The van der Waals surface area contributed by atoms with Crippen molar-refractivity contribution in [2.75, 3.05) is 20.7 Å². The maximum Gasteiger partial charge on any atom is 0.259 e. The smallest absolute Gasteiger partial charge is 0.259 e. The Balaban J connectivity index is 2.65. The van der Waals surface area contributed by atoms with Gasteiger partial charge in [0.25, 0.3) is 5.91 Å². The highest BCUT2D eigenvalue weighted by Crippen LogP contribution is 2.16. The number of benzene rings is 1. The minimum atomic E-state index is -0.365. The van der Waals surface area contributed by atoms with E-state index in [9.17, 15) is 9.18 Å². The lowest BCUT2D eigenvalue weighted by Crippen LogP contribution is -2.27. The van der Waals surface area contributed by atoms with E-state index in [4.69, 9.17) is 4.74 Å². The van der Waals surface area contributed by atoms with Crippen LogP contribution < -0.4 is 10.1 Å². The molecular weight excluding hydrogens is 247 g/mol. The highest BCUT2D eigenvalue weighted by Gasteiger charge is 2.07. The van der Waals surface area contributed by atoms with E-state index in [2.05, 4.69) is 5.32 Å². The van der Waals surface area contributed by atoms with Crippen LogP contribution >= 0.6 is 0 Å². The molecule has 5 heteroatoms. The minimum Gasteiger partial charge on any atom is -0.484 e. The van der Waals surface area contributed by atoms with Crippen molar-refractivity contribution >= 4 is 5.91 Å². The normalized spacial score (nSPS) is 10.6. The molecule has 0 aliphatic rings. The van der Waals surface area contributed by atoms with Crippen LogP contribution in [0.15, 0.2) is 18.2 Å². The van der Waals surface area contributed by atoms with Crippen LogP contribution in [0.5, 0.6) is 5.75 Å². The first-order chi connectivity index (χ1) is 8.88. The largest absolute Gasteiger partial charge is 0.484 e. The van der Waals surface area contributed by atoms with E-state index in [0.717, 1.165) is 5.56 Å². The number of nitrogens with zero attached hydrogens (tertiary/aromatic N) is 1. The molecule has 0 saturated carbocycles. The van der Waals surface area contributed by atoms with Gasteiger partial charge in [0.1, 0.15) is 11.6 Å². The summed E-state index contributed by atoms with van der Waals surface area (Å²) >= 11 is 0. The molecule has 1 N–H and O–H groups in total. The quantitative estimate of drug-likeness (QED) is 0.855. The number of carbonyl (C=O) groups is 1. The third-order valence-corrected chi connectivity index (χ3v) is 2.51. The third-order valence-electron chi connectivity index (χ3n) is 2.51. The summed E-state index contributed by atoms with van der Waals surface area (Å²) in [7, 11) is 3.30. The van der Waals surface area contributed by atoms with E-state index in [1.807, 2.05) is 13.8 Å². The van der Waals surface area contributed by atoms with Crippen LogP contribution in [0.4, 0.5) is 4.39 Å². The number of halogens is 1. The van der Waals surface area contributed by atoms with Crippen LogP contribution in [0.1, 0.15) is 19.4 Å². The second-order valence-corrected chi connectivity index (χ2v) is 4.91. The second kappa shape index (κ2) is 7.09. The third kappa shape index (κ3) is 5.70. The number of amides is 1. The summed E-state index contributed by atoms with van der Waals surface area (Å²) in [4.78, 5) is 12.8. The zero-order valence-electron chi connectivity index (χ0n) is 11.9. The number of nitrogens with one attached hydrogen (secondary N) is 1. The van der Waals surface area contributed by atoms with Crippen molar-refractivity contribution in [3.05, 3.63) is 29.6 Å². The predicted octanol–water partition coefficient (Wildman–Crippen LogP) is 1.79. The highest BCUT2D eigenvalue weighted by atomic mass is 19.1. The van der Waals surface area contributed by atoms with Crippen LogP contribution in [0, 0.1) is 5.82 Å². The van der Waals surface area contributed by atoms with Gasteiger partial charge in [0.2, 0.25) is 0 Å². The molecule has 0 atom stereocenters. The van der Waals surface area contributed by atoms with E-state index < -0.39 is 0 Å². The Labute approximate surface area is 113 Å². The maximum absolute atomic E-state index is 13.4. The van der Waals surface area contributed by atoms with Crippen molar-refractivity contribution in [1.82, 2.24) is 10.2 Å². The van der Waals surface area contributed by atoms with Crippen molar-refractivity contribution in [3.63, 3.8) is 0 Å². The van der Waals surface area contributed by atoms with Crippen molar-refractivity contribution in [2.24, 2.45) is 0 Å². The van der Waals surface area contributed by atoms with Gasteiger partial charge in [0, 0.05) is 32.7 Å². The zero-order chi connectivity index (χ0) is 14.4. The van der Waals surface area contributed by atoms with Gasteiger partial charge in [-0.25, -0.2) is 4.39 Å². The second-order valence-electron chi connectivity index (χ2n) is 4.91. The van der Waals surface area contributed by atoms with Gasteiger partial charge in [-0.2, -0.15) is 0 Å². The van der Waals surface area contributed by atoms with Gasteiger partial charge in [-0.3, -0.25) is 4.79 Å². The fourth-order valence-electron chi connectivity index (χ4n) is 1.40. The number of likely N-dealkylation sites (N-methyl/N-ethyl adjacent to an activating group) is 1. The zero-order valence-corrected chi connectivity index (χ0v) is 11.9. The fourth-order valence-corrected chi connectivity index (χ4v) is 1.40. The first-order valence-electron chi connectivity index (χ1n) is 6.24. The Kier molecular flexibility index (Phi) is 5.76. The molecule has 0 radical (unpaired) electrons. The Morgan fingerprint density at radius 2 is 2.05 bits per heavy atom. The molecule has 0 bridgehead atoms. The SMILES string of the molecule is CC(C)NCc1cc(F)cc(OCC(=O)N(C)C)c1. The number of carbonyl (C=O) groups excluding carboxylic acids is 1. The lowest BCUT2D eigenvalue weighted by molar-refractivity contribution is -0.130. The monoisotopic (exact) mass is 268 g/mol. The van der Waals surface area contributed by atoms with Gasteiger partial charge in [0.05, 0.1) is 0 Å². The average Bonchev–Trinajstić information content (AvgIpc) is 2.32. The van der Waals surface area contributed by atoms with Crippen LogP contribution in [-0.4, -0.2) is 37.6 Å². The summed E-state index contributed by atoms with van der Waals surface area (Å²) in [5.41, 5.74) is 0.793. The molecule has 1 amide bonds. The molecule has 0 fully saturated rings. The summed E-state index contributed by atoms with van der Waals surface area (Å²) < 4.78 is 18.7. The first kappa shape index (κ1) is 15.4. The number of rotatable bonds is 6. The predicted molar refractivity (Wildman–Crippen MR) is 72.6 cm³/mol. The molecule has 0 aliphatic carbocycles. The molecule has 1 aromatic rings. The van der Waals surface area contributed by atoms with Crippen LogP contribution in [0.2, 0.25) is 0 Å². The molecule has 106 valence electrons. The molecule has 1 rings (SSSR count). The summed E-state index contributed by atoms with van der Waals surface area (Å²) in [6.07, 6.45) is 0. The molecular formula is C14H21FN2O2. The molecule has 0 spiro atoms. The van der Waals surface area contributed by atoms with Gasteiger partial charge in [-0.15, -0.1) is 0 Å². The molecule has 0 aromatic heterocycles. The average molecular weight is 268 g/mol.